The van der Waals surface area contributed by atoms with Crippen LogP contribution in [0.15, 0.2) is 18.5 Å². The van der Waals surface area contributed by atoms with Gasteiger partial charge in [-0.2, -0.15) is 0 Å². The maximum absolute atomic E-state index is 12.5. The Hall–Kier alpha value is -1.58. The summed E-state index contributed by atoms with van der Waals surface area (Å²) in [6, 6.07) is 2.09. The lowest BCUT2D eigenvalue weighted by Gasteiger charge is -2.23. The first-order chi connectivity index (χ1) is 8.59. The van der Waals surface area contributed by atoms with Gasteiger partial charge < -0.3 is 10.6 Å². The first-order valence-corrected chi connectivity index (χ1v) is 6.60. The summed E-state index contributed by atoms with van der Waals surface area (Å²) in [5, 5.41) is 0. The van der Waals surface area contributed by atoms with E-state index in [0.717, 1.165) is 25.8 Å². The van der Waals surface area contributed by atoms with E-state index in [1.807, 2.05) is 4.90 Å². The minimum Gasteiger partial charge on any atom is -0.398 e. The summed E-state index contributed by atoms with van der Waals surface area (Å²) in [5.41, 5.74) is 6.90. The summed E-state index contributed by atoms with van der Waals surface area (Å²) >= 11 is 0. The van der Waals surface area contributed by atoms with Crippen molar-refractivity contribution in [3.8, 4) is 0 Å². The van der Waals surface area contributed by atoms with Gasteiger partial charge in [0.1, 0.15) is 0 Å². The van der Waals surface area contributed by atoms with E-state index in [1.165, 1.54) is 0 Å². The Morgan fingerprint density at radius 1 is 1.56 bits per heavy atom. The first kappa shape index (κ1) is 12.9. The van der Waals surface area contributed by atoms with Crippen molar-refractivity contribution in [2.24, 2.45) is 5.92 Å². The van der Waals surface area contributed by atoms with Crippen LogP contribution in [0.25, 0.3) is 0 Å². The van der Waals surface area contributed by atoms with Crippen molar-refractivity contribution in [3.05, 3.63) is 24.0 Å². The molecule has 1 aromatic rings. The molecule has 1 aromatic heterocycles. The Morgan fingerprint density at radius 3 is 2.83 bits per heavy atom. The van der Waals surface area contributed by atoms with Gasteiger partial charge in [-0.15, -0.1) is 0 Å². The zero-order chi connectivity index (χ0) is 13.1. The van der Waals surface area contributed by atoms with E-state index in [9.17, 15) is 4.79 Å². The van der Waals surface area contributed by atoms with Crippen molar-refractivity contribution in [1.82, 2.24) is 9.88 Å². The second-order valence-corrected chi connectivity index (χ2v) is 5.38. The first-order valence-electron chi connectivity index (χ1n) is 6.60. The number of amides is 1. The maximum atomic E-state index is 12.5. The molecule has 1 aliphatic rings. The number of nitrogens with two attached hydrogens (primary N) is 1. The quantitative estimate of drug-likeness (QED) is 0.868. The standard InChI is InChI=1S/C14H21N3O/c1-10(2)6-8-17(11-3-4-11)14(18)12-9-16-7-5-13(12)15/h5,7,9-11H,3-4,6,8H2,1-2H3,(H2,15,16). The molecule has 1 amide bonds. The van der Waals surface area contributed by atoms with Gasteiger partial charge in [0, 0.05) is 30.7 Å². The van der Waals surface area contributed by atoms with E-state index in [4.69, 9.17) is 5.73 Å². The van der Waals surface area contributed by atoms with E-state index in [1.54, 1.807) is 18.5 Å². The van der Waals surface area contributed by atoms with Gasteiger partial charge in [0.2, 0.25) is 0 Å². The van der Waals surface area contributed by atoms with Gasteiger partial charge in [-0.3, -0.25) is 9.78 Å². The molecular weight excluding hydrogens is 226 g/mol. The van der Waals surface area contributed by atoms with Crippen LogP contribution < -0.4 is 5.73 Å². The molecule has 0 aromatic carbocycles. The summed E-state index contributed by atoms with van der Waals surface area (Å²) in [6.45, 7) is 5.16. The summed E-state index contributed by atoms with van der Waals surface area (Å²) in [5.74, 6) is 0.633. The van der Waals surface area contributed by atoms with Crippen molar-refractivity contribution in [2.75, 3.05) is 12.3 Å². The van der Waals surface area contributed by atoms with Crippen molar-refractivity contribution in [3.63, 3.8) is 0 Å². The predicted octanol–water partition coefficient (Wildman–Crippen LogP) is 2.31. The third kappa shape index (κ3) is 3.00. The summed E-state index contributed by atoms with van der Waals surface area (Å²) in [6.07, 6.45) is 6.44. The molecule has 2 rings (SSSR count). The number of carbonyl (C=O) groups excluding carboxylic acids is 1. The number of nitrogens with zero attached hydrogens (tertiary/aromatic N) is 2. The van der Waals surface area contributed by atoms with Crippen LogP contribution in [0.2, 0.25) is 0 Å². The lowest BCUT2D eigenvalue weighted by atomic mass is 10.1. The molecule has 2 N–H and O–H groups in total. The zero-order valence-corrected chi connectivity index (χ0v) is 11.1. The third-order valence-electron chi connectivity index (χ3n) is 3.28. The number of carbonyl (C=O) groups is 1. The number of nitrogen functional groups attached to an aromatic ring is 1. The van der Waals surface area contributed by atoms with E-state index >= 15 is 0 Å². The Labute approximate surface area is 108 Å². The predicted molar refractivity (Wildman–Crippen MR) is 72.2 cm³/mol. The molecule has 0 saturated heterocycles. The molecule has 1 aliphatic carbocycles. The van der Waals surface area contributed by atoms with Crippen LogP contribution in [0.5, 0.6) is 0 Å². The highest BCUT2D eigenvalue weighted by Crippen LogP contribution is 2.29. The van der Waals surface area contributed by atoms with Gasteiger partial charge in [0.05, 0.1) is 5.56 Å². The molecule has 1 fully saturated rings. The van der Waals surface area contributed by atoms with Crippen LogP contribution >= 0.6 is 0 Å². The van der Waals surface area contributed by atoms with Gasteiger partial charge in [0.25, 0.3) is 5.91 Å². The Morgan fingerprint density at radius 2 is 2.28 bits per heavy atom. The zero-order valence-electron chi connectivity index (χ0n) is 11.1. The topological polar surface area (TPSA) is 59.2 Å². The van der Waals surface area contributed by atoms with E-state index in [0.29, 0.717) is 23.2 Å². The molecule has 0 bridgehead atoms. The normalized spacial score (nSPS) is 14.8. The van der Waals surface area contributed by atoms with E-state index in [2.05, 4.69) is 18.8 Å². The summed E-state index contributed by atoms with van der Waals surface area (Å²) < 4.78 is 0. The monoisotopic (exact) mass is 247 g/mol. The largest absolute Gasteiger partial charge is 0.398 e. The molecule has 0 unspecified atom stereocenters. The number of anilines is 1. The van der Waals surface area contributed by atoms with Gasteiger partial charge in [-0.05, 0) is 31.2 Å². The lowest BCUT2D eigenvalue weighted by molar-refractivity contribution is 0.0736. The fourth-order valence-corrected chi connectivity index (χ4v) is 1.97. The van der Waals surface area contributed by atoms with Crippen LogP contribution in [0.1, 0.15) is 43.5 Å². The van der Waals surface area contributed by atoms with Crippen molar-refractivity contribution < 1.29 is 4.79 Å². The molecule has 0 aliphatic heterocycles. The molecule has 0 spiro atoms. The minimum atomic E-state index is 0.0313. The Balaban J connectivity index is 2.11. The number of aromatic nitrogens is 1. The molecule has 1 heterocycles. The summed E-state index contributed by atoms with van der Waals surface area (Å²) in [4.78, 5) is 18.4. The fraction of sp³-hybridized carbons (Fsp3) is 0.571. The number of rotatable bonds is 5. The molecule has 4 heteroatoms. The van der Waals surface area contributed by atoms with Gasteiger partial charge in [0.15, 0.2) is 0 Å². The maximum Gasteiger partial charge on any atom is 0.257 e. The average molecular weight is 247 g/mol. The number of pyridine rings is 1. The van der Waals surface area contributed by atoms with Crippen molar-refractivity contribution in [1.29, 1.82) is 0 Å². The lowest BCUT2D eigenvalue weighted by Crippen LogP contribution is -2.35. The van der Waals surface area contributed by atoms with E-state index in [-0.39, 0.29) is 5.91 Å². The van der Waals surface area contributed by atoms with Gasteiger partial charge in [-0.25, -0.2) is 0 Å². The molecule has 98 valence electrons. The highest BCUT2D eigenvalue weighted by atomic mass is 16.2. The van der Waals surface area contributed by atoms with Gasteiger partial charge >= 0.3 is 0 Å². The van der Waals surface area contributed by atoms with Crippen LogP contribution in [-0.2, 0) is 0 Å². The van der Waals surface area contributed by atoms with Crippen molar-refractivity contribution in [2.45, 2.75) is 39.2 Å². The molecule has 0 atom stereocenters. The number of hydrogen-bond acceptors (Lipinski definition) is 3. The highest BCUT2D eigenvalue weighted by Gasteiger charge is 2.33. The van der Waals surface area contributed by atoms with Crippen molar-refractivity contribution >= 4 is 11.6 Å². The Bertz CT molecular complexity index is 427. The third-order valence-corrected chi connectivity index (χ3v) is 3.28. The molecule has 0 radical (unpaired) electrons. The van der Waals surface area contributed by atoms with Crippen LogP contribution in [0.3, 0.4) is 0 Å². The van der Waals surface area contributed by atoms with Crippen LogP contribution in [0.4, 0.5) is 5.69 Å². The molecule has 4 nitrogen and oxygen atoms in total. The smallest absolute Gasteiger partial charge is 0.257 e. The molecular formula is C14H21N3O. The molecule has 18 heavy (non-hydrogen) atoms. The second-order valence-electron chi connectivity index (χ2n) is 5.38. The number of hydrogen-bond donors (Lipinski definition) is 1. The average Bonchev–Trinajstić information content (AvgIpc) is 3.13. The Kier molecular flexibility index (Phi) is 3.84. The van der Waals surface area contributed by atoms with Gasteiger partial charge in [-0.1, -0.05) is 13.8 Å². The fourth-order valence-electron chi connectivity index (χ4n) is 1.97. The van der Waals surface area contributed by atoms with Crippen LogP contribution in [-0.4, -0.2) is 28.4 Å². The van der Waals surface area contributed by atoms with Crippen LogP contribution in [0, 0.1) is 5.92 Å². The minimum absolute atomic E-state index is 0.0313. The highest BCUT2D eigenvalue weighted by molar-refractivity contribution is 5.99. The molecule has 1 saturated carbocycles. The SMILES string of the molecule is CC(C)CCN(C(=O)c1cnccc1N)C1CC1. The second kappa shape index (κ2) is 5.38. The summed E-state index contributed by atoms with van der Waals surface area (Å²) in [7, 11) is 0. The van der Waals surface area contributed by atoms with E-state index < -0.39 is 0 Å².